The Kier molecular flexibility index (Phi) is 16.3. The second-order valence-corrected chi connectivity index (χ2v) is 8.87. The Morgan fingerprint density at radius 2 is 1.00 bits per heavy atom. The molecule has 0 aliphatic rings. The van der Waals surface area contributed by atoms with Crippen LogP contribution in [0.25, 0.3) is 0 Å². The van der Waals surface area contributed by atoms with Crippen molar-refractivity contribution in [2.75, 3.05) is 26.7 Å². The molecule has 0 heterocycles. The third-order valence-corrected chi connectivity index (χ3v) is 5.70. The molecule has 0 unspecified atom stereocenters. The van der Waals surface area contributed by atoms with Crippen LogP contribution in [0.4, 0.5) is 0 Å². The SMILES string of the molecule is CNCCCCCC(=O)CCCCCNC(=O)c1ccc(C(=O)NCCCCCC(C)=O)cc1. The molecule has 0 fully saturated rings. The van der Waals surface area contributed by atoms with Crippen LogP contribution in [-0.4, -0.2) is 50.1 Å². The van der Waals surface area contributed by atoms with E-state index >= 15 is 0 Å². The fourth-order valence-electron chi connectivity index (χ4n) is 3.61. The van der Waals surface area contributed by atoms with Gasteiger partial charge in [-0.3, -0.25) is 14.4 Å². The normalized spacial score (nSPS) is 10.6. The lowest BCUT2D eigenvalue weighted by atomic mass is 10.1. The van der Waals surface area contributed by atoms with E-state index in [1.165, 1.54) is 0 Å². The number of benzene rings is 1. The minimum atomic E-state index is -0.161. The molecular weight excluding hydrogens is 430 g/mol. The molecule has 0 spiro atoms. The number of unbranched alkanes of at least 4 members (excludes halogenated alkanes) is 6. The summed E-state index contributed by atoms with van der Waals surface area (Å²) < 4.78 is 0. The van der Waals surface area contributed by atoms with Gasteiger partial charge in [0.2, 0.25) is 0 Å². The maximum absolute atomic E-state index is 12.3. The third kappa shape index (κ3) is 14.6. The van der Waals surface area contributed by atoms with Gasteiger partial charge in [-0.2, -0.15) is 0 Å². The number of nitrogens with one attached hydrogen (secondary N) is 3. The first kappa shape index (κ1) is 29.5. The quantitative estimate of drug-likeness (QED) is 0.246. The molecule has 7 nitrogen and oxygen atoms in total. The van der Waals surface area contributed by atoms with Crippen LogP contribution < -0.4 is 16.0 Å². The smallest absolute Gasteiger partial charge is 0.251 e. The molecule has 1 aromatic rings. The maximum Gasteiger partial charge on any atom is 0.251 e. The predicted octanol–water partition coefficient (Wildman–Crippen LogP) is 4.20. The Hall–Kier alpha value is -2.54. The van der Waals surface area contributed by atoms with E-state index in [0.717, 1.165) is 64.3 Å². The van der Waals surface area contributed by atoms with Gasteiger partial charge in [-0.05, 0) is 83.3 Å². The number of hydrogen-bond acceptors (Lipinski definition) is 5. The van der Waals surface area contributed by atoms with E-state index in [-0.39, 0.29) is 17.6 Å². The number of rotatable bonds is 20. The minimum Gasteiger partial charge on any atom is -0.352 e. The van der Waals surface area contributed by atoms with E-state index in [0.29, 0.717) is 49.3 Å². The molecule has 0 saturated heterocycles. The molecule has 0 atom stereocenters. The lowest BCUT2D eigenvalue weighted by Gasteiger charge is -2.07. The molecule has 0 aliphatic carbocycles. The number of hydrogen-bond donors (Lipinski definition) is 3. The van der Waals surface area contributed by atoms with E-state index in [4.69, 9.17) is 0 Å². The Balaban J connectivity index is 2.14. The summed E-state index contributed by atoms with van der Waals surface area (Å²) in [5.41, 5.74) is 1.04. The second-order valence-electron chi connectivity index (χ2n) is 8.87. The zero-order chi connectivity index (χ0) is 25.0. The lowest BCUT2D eigenvalue weighted by molar-refractivity contribution is -0.119. The molecule has 0 radical (unpaired) electrons. The highest BCUT2D eigenvalue weighted by atomic mass is 16.2. The Labute approximate surface area is 204 Å². The van der Waals surface area contributed by atoms with Crippen molar-refractivity contribution in [1.82, 2.24) is 16.0 Å². The van der Waals surface area contributed by atoms with E-state index in [2.05, 4.69) is 16.0 Å². The van der Waals surface area contributed by atoms with Crippen LogP contribution in [-0.2, 0) is 9.59 Å². The van der Waals surface area contributed by atoms with Gasteiger partial charge in [0.05, 0.1) is 0 Å². The summed E-state index contributed by atoms with van der Waals surface area (Å²) in [5.74, 6) is 0.216. The third-order valence-electron chi connectivity index (χ3n) is 5.70. The van der Waals surface area contributed by atoms with Crippen LogP contribution in [0.5, 0.6) is 0 Å². The van der Waals surface area contributed by atoms with Gasteiger partial charge in [-0.15, -0.1) is 0 Å². The van der Waals surface area contributed by atoms with Crippen LogP contribution in [0.1, 0.15) is 105 Å². The van der Waals surface area contributed by atoms with Gasteiger partial charge in [0.1, 0.15) is 11.6 Å². The molecule has 2 amide bonds. The summed E-state index contributed by atoms with van der Waals surface area (Å²) in [6.45, 7) is 3.74. The summed E-state index contributed by atoms with van der Waals surface area (Å²) in [6.07, 6.45) is 10.3. The summed E-state index contributed by atoms with van der Waals surface area (Å²) in [5, 5.41) is 8.87. The summed E-state index contributed by atoms with van der Waals surface area (Å²) in [6, 6.07) is 6.63. The molecule has 0 aliphatic heterocycles. The molecule has 3 N–H and O–H groups in total. The molecule has 0 aromatic heterocycles. The van der Waals surface area contributed by atoms with Gasteiger partial charge < -0.3 is 20.7 Å². The number of carbonyl (C=O) groups excluding carboxylic acids is 4. The van der Waals surface area contributed by atoms with Crippen molar-refractivity contribution >= 4 is 23.4 Å². The van der Waals surface area contributed by atoms with Crippen molar-refractivity contribution in [3.8, 4) is 0 Å². The van der Waals surface area contributed by atoms with Gasteiger partial charge in [-0.25, -0.2) is 0 Å². The highest BCUT2D eigenvalue weighted by Gasteiger charge is 2.09. The number of ketones is 2. The Bertz CT molecular complexity index is 747. The zero-order valence-electron chi connectivity index (χ0n) is 21.0. The largest absolute Gasteiger partial charge is 0.352 e. The molecule has 34 heavy (non-hydrogen) atoms. The van der Waals surface area contributed by atoms with Crippen LogP contribution in [0.3, 0.4) is 0 Å². The van der Waals surface area contributed by atoms with Crippen LogP contribution in [0.15, 0.2) is 24.3 Å². The highest BCUT2D eigenvalue weighted by Crippen LogP contribution is 2.08. The Morgan fingerprint density at radius 1 is 0.588 bits per heavy atom. The highest BCUT2D eigenvalue weighted by molar-refractivity contribution is 5.97. The summed E-state index contributed by atoms with van der Waals surface area (Å²) in [7, 11) is 1.94. The minimum absolute atomic E-state index is 0.157. The Morgan fingerprint density at radius 3 is 1.41 bits per heavy atom. The van der Waals surface area contributed by atoms with Gasteiger partial charge >= 0.3 is 0 Å². The zero-order valence-corrected chi connectivity index (χ0v) is 21.0. The monoisotopic (exact) mass is 473 g/mol. The van der Waals surface area contributed by atoms with Gasteiger partial charge in [0.15, 0.2) is 0 Å². The summed E-state index contributed by atoms with van der Waals surface area (Å²) >= 11 is 0. The number of amides is 2. The van der Waals surface area contributed by atoms with Crippen molar-refractivity contribution in [2.45, 2.75) is 84.0 Å². The van der Waals surface area contributed by atoms with Crippen LogP contribution >= 0.6 is 0 Å². The standard InChI is InChI=1S/C27H43N3O4/c1-22(31)12-6-3-10-20-29-26(33)23-15-17-24(18-16-23)27(34)30-21-11-5-8-14-25(32)13-7-4-9-19-28-2/h15-18,28H,3-14,19-21H2,1-2H3,(H,29,33)(H,30,34). The molecular formula is C27H43N3O4. The lowest BCUT2D eigenvalue weighted by Crippen LogP contribution is -2.26. The van der Waals surface area contributed by atoms with Crippen molar-refractivity contribution in [2.24, 2.45) is 0 Å². The summed E-state index contributed by atoms with van der Waals surface area (Å²) in [4.78, 5) is 47.3. The van der Waals surface area contributed by atoms with E-state index < -0.39 is 0 Å². The molecule has 1 rings (SSSR count). The second kappa shape index (κ2) is 18.8. The van der Waals surface area contributed by atoms with Crippen LogP contribution in [0, 0.1) is 0 Å². The van der Waals surface area contributed by atoms with Gasteiger partial charge in [0, 0.05) is 43.5 Å². The first-order valence-electron chi connectivity index (χ1n) is 12.8. The van der Waals surface area contributed by atoms with Crippen LogP contribution in [0.2, 0.25) is 0 Å². The maximum atomic E-state index is 12.3. The molecule has 0 bridgehead atoms. The fraction of sp³-hybridized carbons (Fsp3) is 0.630. The topological polar surface area (TPSA) is 104 Å². The average molecular weight is 474 g/mol. The molecule has 0 saturated carbocycles. The van der Waals surface area contributed by atoms with Crippen molar-refractivity contribution in [1.29, 1.82) is 0 Å². The van der Waals surface area contributed by atoms with Crippen molar-refractivity contribution in [3.63, 3.8) is 0 Å². The first-order valence-corrected chi connectivity index (χ1v) is 12.8. The van der Waals surface area contributed by atoms with Crippen molar-refractivity contribution < 1.29 is 19.2 Å². The fourth-order valence-corrected chi connectivity index (χ4v) is 3.61. The number of Topliss-reactive ketones (excluding diaryl/α,β-unsaturated/α-hetero) is 2. The molecule has 190 valence electrons. The molecule has 1 aromatic carbocycles. The average Bonchev–Trinajstić information content (AvgIpc) is 2.83. The predicted molar refractivity (Wildman–Crippen MR) is 136 cm³/mol. The number of carbonyl (C=O) groups is 4. The van der Waals surface area contributed by atoms with Gasteiger partial charge in [0.25, 0.3) is 11.8 Å². The van der Waals surface area contributed by atoms with E-state index in [1.54, 1.807) is 31.2 Å². The van der Waals surface area contributed by atoms with E-state index in [9.17, 15) is 19.2 Å². The molecule has 7 heteroatoms. The van der Waals surface area contributed by atoms with Gasteiger partial charge in [-0.1, -0.05) is 19.3 Å². The first-order chi connectivity index (χ1) is 16.4. The van der Waals surface area contributed by atoms with Crippen molar-refractivity contribution in [3.05, 3.63) is 35.4 Å². The van der Waals surface area contributed by atoms with E-state index in [1.807, 2.05) is 7.05 Å².